The molecule has 0 saturated carbocycles. The second-order valence-corrected chi connectivity index (χ2v) is 14.5. The smallest absolute Gasteiger partial charge is 0.330 e. The number of nitrogens with one attached hydrogen (secondary N) is 2. The second kappa shape index (κ2) is 9.51. The summed E-state index contributed by atoms with van der Waals surface area (Å²) in [6.45, 7) is 6.13. The van der Waals surface area contributed by atoms with E-state index in [1.165, 1.54) is 16.6 Å². The van der Waals surface area contributed by atoms with Crippen LogP contribution in [-0.4, -0.2) is 53.6 Å². The third kappa shape index (κ3) is 4.18. The van der Waals surface area contributed by atoms with Crippen molar-refractivity contribution in [2.45, 2.75) is 57.0 Å². The highest BCUT2D eigenvalue weighted by atomic mass is 28.3. The summed E-state index contributed by atoms with van der Waals surface area (Å²) in [5, 5.41) is 15.8. The van der Waals surface area contributed by atoms with Crippen LogP contribution in [0, 0.1) is 0 Å². The van der Waals surface area contributed by atoms with E-state index in [4.69, 9.17) is 4.74 Å². The minimum absolute atomic E-state index is 0.142. The molecule has 1 saturated heterocycles. The third-order valence-corrected chi connectivity index (χ3v) is 11.2. The number of halogens is 1. The minimum Gasteiger partial charge on any atom is -0.387 e. The van der Waals surface area contributed by atoms with Gasteiger partial charge >= 0.3 is 5.69 Å². The number of aryl methyl sites for hydroxylation is 1. The molecule has 3 aromatic rings. The average Bonchev–Trinajstić information content (AvgIpc) is 3.16. The highest BCUT2D eigenvalue weighted by Crippen LogP contribution is 2.32. The Hall–Kier alpha value is -3.34. The van der Waals surface area contributed by atoms with Crippen LogP contribution >= 0.6 is 0 Å². The highest BCUT2D eigenvalue weighted by Gasteiger charge is 2.46. The summed E-state index contributed by atoms with van der Waals surface area (Å²) >= 11 is 0. The largest absolute Gasteiger partial charge is 0.387 e. The van der Waals surface area contributed by atoms with Crippen LogP contribution < -0.4 is 26.9 Å². The summed E-state index contributed by atoms with van der Waals surface area (Å²) in [6.07, 6.45) is -4.38. The van der Waals surface area contributed by atoms with Gasteiger partial charge in [0.05, 0.1) is 5.92 Å². The van der Waals surface area contributed by atoms with Gasteiger partial charge in [-0.25, -0.2) is 9.18 Å². The predicted molar refractivity (Wildman–Crippen MR) is 140 cm³/mol. The summed E-state index contributed by atoms with van der Waals surface area (Å²) in [7, 11) is -2.00. The van der Waals surface area contributed by atoms with Crippen molar-refractivity contribution in [2.75, 3.05) is 6.54 Å². The Kier molecular flexibility index (Phi) is 6.51. The molecule has 1 aromatic heterocycles. The van der Waals surface area contributed by atoms with Gasteiger partial charge in [-0.2, -0.15) is 0 Å². The Balaban J connectivity index is 1.39. The standard InChI is InChI=1S/C27H30FN3O5Si/c1-4-15-14-31(27(35)30-24(15)33)26-22(28)23(32)18(36-26)13-29-25(34)21-16-9-5-7-11-19(16)37(2,3)20-12-8-6-10-17(20)21/h5-12,14,18,21-23,26,32H,4,13H2,1-3H3,(H,29,34)(H,30,33,35)/t18-,22+,23-,26-/m1/s1. The molecule has 2 aliphatic heterocycles. The van der Waals surface area contributed by atoms with E-state index in [1.807, 2.05) is 36.4 Å². The average molecular weight is 524 g/mol. The zero-order valence-corrected chi connectivity index (χ0v) is 21.9. The van der Waals surface area contributed by atoms with Crippen LogP contribution in [0.15, 0.2) is 64.3 Å². The maximum absolute atomic E-state index is 15.1. The van der Waals surface area contributed by atoms with Crippen LogP contribution in [-0.2, 0) is 16.0 Å². The van der Waals surface area contributed by atoms with Gasteiger partial charge < -0.3 is 15.2 Å². The van der Waals surface area contributed by atoms with Crippen molar-refractivity contribution in [1.29, 1.82) is 0 Å². The molecule has 2 aromatic carbocycles. The van der Waals surface area contributed by atoms with Gasteiger partial charge in [0.2, 0.25) is 5.91 Å². The molecule has 3 N–H and O–H groups in total. The SMILES string of the molecule is CCc1cn([C@@H]2O[C@H](CNC(=O)C3c4ccccc4[Si](C)(C)c4ccccc43)[C@@H](O)[C@@H]2F)c(=O)[nH]c1=O. The number of benzene rings is 2. The molecule has 1 amide bonds. The van der Waals surface area contributed by atoms with E-state index in [-0.39, 0.29) is 12.5 Å². The zero-order chi connectivity index (χ0) is 26.5. The van der Waals surface area contributed by atoms with Gasteiger partial charge in [0.15, 0.2) is 12.4 Å². The predicted octanol–water partition coefficient (Wildman–Crippen LogP) is 0.780. The molecule has 194 valence electrons. The van der Waals surface area contributed by atoms with Gasteiger partial charge in [0.25, 0.3) is 5.56 Å². The van der Waals surface area contributed by atoms with Gasteiger partial charge in [0, 0.05) is 18.3 Å². The molecule has 0 radical (unpaired) electrons. The molecule has 10 heteroatoms. The fraction of sp³-hybridized carbons (Fsp3) is 0.370. The number of nitrogens with zero attached hydrogens (tertiary/aromatic N) is 1. The van der Waals surface area contributed by atoms with E-state index in [0.29, 0.717) is 12.0 Å². The first kappa shape index (κ1) is 25.3. The molecule has 0 unspecified atom stereocenters. The number of rotatable bonds is 5. The molecule has 5 rings (SSSR count). The minimum atomic E-state index is -2.00. The summed E-state index contributed by atoms with van der Waals surface area (Å²) in [4.78, 5) is 40.0. The maximum Gasteiger partial charge on any atom is 0.330 e. The van der Waals surface area contributed by atoms with Crippen LogP contribution in [0.4, 0.5) is 4.39 Å². The number of ether oxygens (including phenoxy) is 1. The molecule has 37 heavy (non-hydrogen) atoms. The number of fused-ring (bicyclic) bond motifs is 2. The highest BCUT2D eigenvalue weighted by molar-refractivity contribution is 7.01. The van der Waals surface area contributed by atoms with Crippen molar-refractivity contribution < 1.29 is 19.0 Å². The van der Waals surface area contributed by atoms with E-state index < -0.39 is 49.8 Å². The van der Waals surface area contributed by atoms with Crippen LogP contribution in [0.2, 0.25) is 13.1 Å². The van der Waals surface area contributed by atoms with Gasteiger partial charge in [-0.05, 0) is 17.5 Å². The Morgan fingerprint density at radius 2 is 1.70 bits per heavy atom. The number of carbonyl (C=O) groups excluding carboxylic acids is 1. The zero-order valence-electron chi connectivity index (χ0n) is 20.9. The number of H-pyrrole nitrogens is 1. The number of hydrogen-bond acceptors (Lipinski definition) is 5. The number of aliphatic hydroxyl groups is 1. The number of carbonyl (C=O) groups is 1. The molecule has 3 heterocycles. The van der Waals surface area contributed by atoms with E-state index >= 15 is 4.39 Å². The number of aromatic nitrogens is 2. The van der Waals surface area contributed by atoms with Gasteiger partial charge in [-0.15, -0.1) is 0 Å². The van der Waals surface area contributed by atoms with Crippen molar-refractivity contribution in [3.8, 4) is 0 Å². The van der Waals surface area contributed by atoms with Crippen LogP contribution in [0.5, 0.6) is 0 Å². The monoisotopic (exact) mass is 523 g/mol. The first-order chi connectivity index (χ1) is 17.6. The van der Waals surface area contributed by atoms with Gasteiger partial charge in [0.1, 0.15) is 20.3 Å². The maximum atomic E-state index is 15.1. The lowest BCUT2D eigenvalue weighted by molar-refractivity contribution is -0.122. The Morgan fingerprint density at radius 1 is 1.11 bits per heavy atom. The first-order valence-electron chi connectivity index (χ1n) is 12.4. The lowest BCUT2D eigenvalue weighted by Gasteiger charge is -2.37. The molecular formula is C27H30FN3O5Si. The molecule has 0 aliphatic carbocycles. The van der Waals surface area contributed by atoms with Crippen molar-refractivity contribution in [3.63, 3.8) is 0 Å². The summed E-state index contributed by atoms with van der Waals surface area (Å²) < 4.78 is 21.7. The Labute approximate surface area is 214 Å². The molecular weight excluding hydrogens is 493 g/mol. The topological polar surface area (TPSA) is 113 Å². The van der Waals surface area contributed by atoms with Gasteiger partial charge in [-0.3, -0.25) is 19.1 Å². The van der Waals surface area contributed by atoms with Crippen molar-refractivity contribution in [3.05, 3.63) is 92.3 Å². The number of aromatic amines is 1. The molecule has 0 spiro atoms. The molecule has 0 bridgehead atoms. The van der Waals surface area contributed by atoms with E-state index in [0.717, 1.165) is 15.7 Å². The molecule has 8 nitrogen and oxygen atoms in total. The quantitative estimate of drug-likeness (QED) is 0.428. The van der Waals surface area contributed by atoms with Gasteiger partial charge in [-0.1, -0.05) is 78.9 Å². The first-order valence-corrected chi connectivity index (χ1v) is 15.4. The normalized spacial score (nSPS) is 24.4. The van der Waals surface area contributed by atoms with E-state index in [2.05, 4.69) is 35.5 Å². The van der Waals surface area contributed by atoms with Crippen LogP contribution in [0.1, 0.15) is 35.8 Å². The second-order valence-electron chi connectivity index (χ2n) is 10.2. The van der Waals surface area contributed by atoms with E-state index in [1.54, 1.807) is 6.92 Å². The van der Waals surface area contributed by atoms with Crippen molar-refractivity contribution >= 4 is 24.4 Å². The number of aliphatic hydroxyl groups excluding tert-OH is 1. The fourth-order valence-corrected chi connectivity index (χ4v) is 8.81. The lowest BCUT2D eigenvalue weighted by Crippen LogP contribution is -2.60. The Morgan fingerprint density at radius 3 is 2.30 bits per heavy atom. The van der Waals surface area contributed by atoms with Crippen molar-refractivity contribution in [2.24, 2.45) is 0 Å². The number of amides is 1. The summed E-state index contributed by atoms with van der Waals surface area (Å²) in [6, 6.07) is 16.0. The molecule has 2 aliphatic rings. The fourth-order valence-electron chi connectivity index (χ4n) is 5.60. The van der Waals surface area contributed by atoms with E-state index in [9.17, 15) is 19.5 Å². The summed E-state index contributed by atoms with van der Waals surface area (Å²) in [5.41, 5.74) is 0.838. The number of hydrogen-bond donors (Lipinski definition) is 3. The Bertz CT molecular complexity index is 1420. The molecule has 1 fully saturated rings. The molecule has 4 atom stereocenters. The van der Waals surface area contributed by atoms with Crippen LogP contribution in [0.3, 0.4) is 0 Å². The lowest BCUT2D eigenvalue weighted by atomic mass is 9.89. The third-order valence-electron chi connectivity index (χ3n) is 7.62. The van der Waals surface area contributed by atoms with Crippen LogP contribution in [0.25, 0.3) is 0 Å². The van der Waals surface area contributed by atoms with Crippen molar-refractivity contribution in [1.82, 2.24) is 14.9 Å². The summed E-state index contributed by atoms with van der Waals surface area (Å²) in [5.74, 6) is -0.814. The number of alkyl halides is 1.